The second-order valence-corrected chi connectivity index (χ2v) is 4.86. The van der Waals surface area contributed by atoms with Crippen LogP contribution in [-0.2, 0) is 4.79 Å². The average molecular weight is 232 g/mol. The summed E-state index contributed by atoms with van der Waals surface area (Å²) in [4.78, 5) is 12.1. The van der Waals surface area contributed by atoms with E-state index in [4.69, 9.17) is 0 Å². The molecule has 3 rings (SSSR count). The van der Waals surface area contributed by atoms with Gasteiger partial charge in [0.25, 0.3) is 0 Å². The molecule has 2 aliphatic rings. The van der Waals surface area contributed by atoms with Gasteiger partial charge in [0, 0.05) is 12.1 Å². The molecular formula is C13H16N2O2. The fourth-order valence-electron chi connectivity index (χ4n) is 2.80. The molecule has 90 valence electrons. The number of aromatic hydroxyl groups is 1. The van der Waals surface area contributed by atoms with Gasteiger partial charge in [-0.2, -0.15) is 0 Å². The molecule has 0 radical (unpaired) electrons. The zero-order valence-electron chi connectivity index (χ0n) is 9.57. The highest BCUT2D eigenvalue weighted by atomic mass is 16.3. The van der Waals surface area contributed by atoms with Crippen molar-refractivity contribution in [2.24, 2.45) is 5.92 Å². The predicted molar refractivity (Wildman–Crippen MR) is 66.1 cm³/mol. The van der Waals surface area contributed by atoms with Gasteiger partial charge in [0.05, 0.1) is 17.3 Å². The Morgan fingerprint density at radius 1 is 1.18 bits per heavy atom. The number of carbonyl (C=O) groups excluding carboxylic acids is 1. The van der Waals surface area contributed by atoms with Gasteiger partial charge in [-0.25, -0.2) is 0 Å². The molecule has 2 unspecified atom stereocenters. The molecule has 1 aromatic rings. The fraction of sp³-hybridized carbons (Fsp3) is 0.462. The number of hydrogen-bond donors (Lipinski definition) is 3. The van der Waals surface area contributed by atoms with Crippen LogP contribution in [0.4, 0.5) is 11.4 Å². The molecule has 1 amide bonds. The summed E-state index contributed by atoms with van der Waals surface area (Å²) in [7, 11) is 0. The van der Waals surface area contributed by atoms with Crippen molar-refractivity contribution in [3.05, 3.63) is 18.2 Å². The van der Waals surface area contributed by atoms with E-state index in [1.165, 1.54) is 0 Å². The van der Waals surface area contributed by atoms with E-state index in [1.807, 2.05) is 0 Å². The van der Waals surface area contributed by atoms with Crippen molar-refractivity contribution >= 4 is 17.3 Å². The Hall–Kier alpha value is -1.71. The summed E-state index contributed by atoms with van der Waals surface area (Å²) in [5.41, 5.74) is 1.59. The largest absolute Gasteiger partial charge is 0.508 e. The lowest BCUT2D eigenvalue weighted by atomic mass is 9.84. The predicted octanol–water partition coefficient (Wildman–Crippen LogP) is 2.32. The van der Waals surface area contributed by atoms with Gasteiger partial charge in [0.15, 0.2) is 0 Å². The third kappa shape index (κ3) is 1.84. The maximum atomic E-state index is 12.1. The van der Waals surface area contributed by atoms with Crippen molar-refractivity contribution in [1.82, 2.24) is 0 Å². The van der Waals surface area contributed by atoms with Crippen molar-refractivity contribution < 1.29 is 9.90 Å². The third-order valence-electron chi connectivity index (χ3n) is 3.70. The highest BCUT2D eigenvalue weighted by Crippen LogP contribution is 2.35. The standard InChI is InChI=1S/C13H16N2O2/c16-8-5-6-11-12(7-8)14-10-4-2-1-3-9(10)13(17)15-11/h5-7,9-10,14,16H,1-4H2,(H,15,17). The molecule has 17 heavy (non-hydrogen) atoms. The first kappa shape index (κ1) is 10.4. The SMILES string of the molecule is O=C1Nc2ccc(O)cc2NC2CCCCC12. The van der Waals surface area contributed by atoms with E-state index in [9.17, 15) is 9.90 Å². The summed E-state index contributed by atoms with van der Waals surface area (Å²) >= 11 is 0. The van der Waals surface area contributed by atoms with Crippen LogP contribution in [0, 0.1) is 5.92 Å². The minimum absolute atomic E-state index is 0.0540. The van der Waals surface area contributed by atoms with Gasteiger partial charge < -0.3 is 15.7 Å². The van der Waals surface area contributed by atoms with E-state index in [0.29, 0.717) is 0 Å². The van der Waals surface area contributed by atoms with Crippen LogP contribution in [0.25, 0.3) is 0 Å². The van der Waals surface area contributed by atoms with Crippen molar-refractivity contribution in [1.29, 1.82) is 0 Å². The average Bonchev–Trinajstić information content (AvgIpc) is 2.46. The Balaban J connectivity index is 1.98. The van der Waals surface area contributed by atoms with Crippen LogP contribution in [-0.4, -0.2) is 17.1 Å². The molecular weight excluding hydrogens is 216 g/mol. The van der Waals surface area contributed by atoms with Crippen LogP contribution in [0.3, 0.4) is 0 Å². The highest BCUT2D eigenvalue weighted by Gasteiger charge is 2.33. The number of amides is 1. The number of carbonyl (C=O) groups is 1. The van der Waals surface area contributed by atoms with Crippen molar-refractivity contribution in [3.8, 4) is 5.75 Å². The van der Waals surface area contributed by atoms with Gasteiger partial charge in [0.2, 0.25) is 5.91 Å². The summed E-state index contributed by atoms with van der Waals surface area (Å²) in [6.45, 7) is 0. The molecule has 0 saturated heterocycles. The summed E-state index contributed by atoms with van der Waals surface area (Å²) in [6, 6.07) is 5.21. The van der Waals surface area contributed by atoms with E-state index in [2.05, 4.69) is 10.6 Å². The molecule has 1 aliphatic carbocycles. The Morgan fingerprint density at radius 2 is 2.00 bits per heavy atom. The third-order valence-corrected chi connectivity index (χ3v) is 3.70. The molecule has 3 N–H and O–H groups in total. The Morgan fingerprint density at radius 3 is 2.88 bits per heavy atom. The second-order valence-electron chi connectivity index (χ2n) is 4.86. The summed E-state index contributed by atoms with van der Waals surface area (Å²) in [5.74, 6) is 0.379. The molecule has 0 bridgehead atoms. The summed E-state index contributed by atoms with van der Waals surface area (Å²) in [5, 5.41) is 15.8. The smallest absolute Gasteiger partial charge is 0.229 e. The molecule has 1 aromatic carbocycles. The Bertz CT molecular complexity index is 459. The Labute approximate surface area is 100 Å². The molecule has 1 fully saturated rings. The quantitative estimate of drug-likeness (QED) is 0.601. The van der Waals surface area contributed by atoms with Gasteiger partial charge in [-0.1, -0.05) is 12.8 Å². The first-order valence-corrected chi connectivity index (χ1v) is 6.14. The monoisotopic (exact) mass is 232 g/mol. The number of fused-ring (bicyclic) bond motifs is 2. The molecule has 4 heteroatoms. The van der Waals surface area contributed by atoms with Gasteiger partial charge in [-0.15, -0.1) is 0 Å². The summed E-state index contributed by atoms with van der Waals surface area (Å²) in [6.07, 6.45) is 4.25. The van der Waals surface area contributed by atoms with E-state index in [0.717, 1.165) is 37.1 Å². The molecule has 0 aromatic heterocycles. The highest BCUT2D eigenvalue weighted by molar-refractivity contribution is 5.98. The van der Waals surface area contributed by atoms with E-state index >= 15 is 0 Å². The van der Waals surface area contributed by atoms with E-state index in [-0.39, 0.29) is 23.6 Å². The number of anilines is 2. The number of hydrogen-bond acceptors (Lipinski definition) is 3. The maximum Gasteiger partial charge on any atom is 0.229 e. The first-order valence-electron chi connectivity index (χ1n) is 6.14. The van der Waals surface area contributed by atoms with E-state index < -0.39 is 0 Å². The topological polar surface area (TPSA) is 61.4 Å². The van der Waals surface area contributed by atoms with Gasteiger partial charge in [0.1, 0.15) is 5.75 Å². The zero-order valence-corrected chi connectivity index (χ0v) is 9.57. The number of benzene rings is 1. The fourth-order valence-corrected chi connectivity index (χ4v) is 2.80. The van der Waals surface area contributed by atoms with Gasteiger partial charge in [-0.05, 0) is 25.0 Å². The number of phenolic OH excluding ortho intramolecular Hbond substituents is 1. The minimum atomic E-state index is 0.0540. The number of nitrogens with one attached hydrogen (secondary N) is 2. The lowest BCUT2D eigenvalue weighted by molar-refractivity contribution is -0.120. The zero-order chi connectivity index (χ0) is 11.8. The van der Waals surface area contributed by atoms with Crippen molar-refractivity contribution in [2.75, 3.05) is 10.6 Å². The number of rotatable bonds is 0. The van der Waals surface area contributed by atoms with Crippen LogP contribution in [0.2, 0.25) is 0 Å². The Kier molecular flexibility index (Phi) is 2.42. The molecule has 1 saturated carbocycles. The lowest BCUT2D eigenvalue weighted by Crippen LogP contribution is -2.37. The van der Waals surface area contributed by atoms with Gasteiger partial charge >= 0.3 is 0 Å². The van der Waals surface area contributed by atoms with Crippen LogP contribution in [0.5, 0.6) is 5.75 Å². The van der Waals surface area contributed by atoms with Crippen LogP contribution >= 0.6 is 0 Å². The van der Waals surface area contributed by atoms with Crippen LogP contribution in [0.1, 0.15) is 25.7 Å². The van der Waals surface area contributed by atoms with E-state index in [1.54, 1.807) is 18.2 Å². The van der Waals surface area contributed by atoms with Crippen LogP contribution in [0.15, 0.2) is 18.2 Å². The maximum absolute atomic E-state index is 12.1. The van der Waals surface area contributed by atoms with Crippen molar-refractivity contribution in [2.45, 2.75) is 31.7 Å². The molecule has 4 nitrogen and oxygen atoms in total. The molecule has 0 spiro atoms. The van der Waals surface area contributed by atoms with Crippen molar-refractivity contribution in [3.63, 3.8) is 0 Å². The normalized spacial score (nSPS) is 27.2. The first-order chi connectivity index (χ1) is 8.24. The van der Waals surface area contributed by atoms with Crippen LogP contribution < -0.4 is 10.6 Å². The summed E-state index contributed by atoms with van der Waals surface area (Å²) < 4.78 is 0. The second kappa shape index (κ2) is 3.95. The minimum Gasteiger partial charge on any atom is -0.508 e. The molecule has 2 atom stereocenters. The molecule has 1 aliphatic heterocycles. The number of phenols is 1. The van der Waals surface area contributed by atoms with Gasteiger partial charge in [-0.3, -0.25) is 4.79 Å². The lowest BCUT2D eigenvalue weighted by Gasteiger charge is -2.29. The molecule has 1 heterocycles.